The maximum Gasteiger partial charge on any atom is 0.187 e. The molecular formula is C22H26ClN3O2S. The molecule has 0 heterocycles. The summed E-state index contributed by atoms with van der Waals surface area (Å²) >= 11 is 11.2. The minimum absolute atomic E-state index is 0.434. The van der Waals surface area contributed by atoms with Crippen LogP contribution in [0.3, 0.4) is 0 Å². The van der Waals surface area contributed by atoms with Crippen molar-refractivity contribution in [2.45, 2.75) is 44.8 Å². The van der Waals surface area contributed by atoms with Crippen molar-refractivity contribution in [1.29, 1.82) is 0 Å². The van der Waals surface area contributed by atoms with Gasteiger partial charge in [0, 0.05) is 11.1 Å². The summed E-state index contributed by atoms with van der Waals surface area (Å²) in [5.74, 6) is 1.31. The molecule has 1 saturated carbocycles. The van der Waals surface area contributed by atoms with Crippen molar-refractivity contribution in [2.75, 3.05) is 7.11 Å². The molecule has 2 aromatic carbocycles. The second-order valence-electron chi connectivity index (χ2n) is 7.00. The summed E-state index contributed by atoms with van der Waals surface area (Å²) in [7, 11) is 1.62. The second kappa shape index (κ2) is 11.0. The van der Waals surface area contributed by atoms with Crippen LogP contribution in [0.1, 0.15) is 43.2 Å². The molecule has 2 N–H and O–H groups in total. The highest BCUT2D eigenvalue weighted by Crippen LogP contribution is 2.28. The Hall–Kier alpha value is -2.31. The van der Waals surface area contributed by atoms with Crippen LogP contribution in [0.15, 0.2) is 47.6 Å². The number of nitrogens with one attached hydrogen (secondary N) is 2. The van der Waals surface area contributed by atoms with E-state index in [-0.39, 0.29) is 0 Å². The first kappa shape index (κ1) is 21.4. The van der Waals surface area contributed by atoms with Gasteiger partial charge in [-0.2, -0.15) is 5.10 Å². The zero-order chi connectivity index (χ0) is 20.5. The Morgan fingerprint density at radius 1 is 1.14 bits per heavy atom. The molecule has 0 aromatic heterocycles. The molecule has 0 radical (unpaired) electrons. The standard InChI is InChI=1S/C22H26ClN3O2S/c1-27-21-13-17(14-24-26-22(29)25-19-5-3-2-4-6-19)9-12-20(21)28-15-16-7-10-18(23)11-8-16/h7-14,19H,2-6,15H2,1H3,(H2,25,26,29)/b24-14+. The molecule has 0 amide bonds. The van der Waals surface area contributed by atoms with Gasteiger partial charge >= 0.3 is 0 Å². The highest BCUT2D eigenvalue weighted by Gasteiger charge is 2.13. The first-order valence-electron chi connectivity index (χ1n) is 9.79. The van der Waals surface area contributed by atoms with Crippen LogP contribution in [0.4, 0.5) is 0 Å². The van der Waals surface area contributed by atoms with Crippen LogP contribution in [0.5, 0.6) is 11.5 Å². The maximum absolute atomic E-state index is 5.91. The number of ether oxygens (including phenoxy) is 2. The number of hydrogen-bond acceptors (Lipinski definition) is 4. The fourth-order valence-electron chi connectivity index (χ4n) is 3.26. The molecule has 29 heavy (non-hydrogen) atoms. The predicted molar refractivity (Wildman–Crippen MR) is 122 cm³/mol. The molecule has 0 spiro atoms. The Kier molecular flexibility index (Phi) is 8.14. The van der Waals surface area contributed by atoms with Gasteiger partial charge in [-0.05, 0) is 66.5 Å². The molecule has 1 fully saturated rings. The summed E-state index contributed by atoms with van der Waals surface area (Å²) < 4.78 is 11.3. The van der Waals surface area contributed by atoms with E-state index in [2.05, 4.69) is 15.8 Å². The van der Waals surface area contributed by atoms with E-state index in [1.807, 2.05) is 42.5 Å². The van der Waals surface area contributed by atoms with Crippen LogP contribution in [-0.2, 0) is 6.61 Å². The lowest BCUT2D eigenvalue weighted by molar-refractivity contribution is 0.284. The molecule has 0 saturated heterocycles. The third kappa shape index (κ3) is 6.91. The summed E-state index contributed by atoms with van der Waals surface area (Å²) in [6.07, 6.45) is 7.88. The minimum atomic E-state index is 0.434. The molecular weight excluding hydrogens is 406 g/mol. The number of hydrogen-bond donors (Lipinski definition) is 2. The zero-order valence-corrected chi connectivity index (χ0v) is 18.1. The number of methoxy groups -OCH3 is 1. The summed E-state index contributed by atoms with van der Waals surface area (Å²) in [6.45, 7) is 0.434. The normalized spacial score (nSPS) is 14.6. The molecule has 154 valence electrons. The maximum atomic E-state index is 5.91. The summed E-state index contributed by atoms with van der Waals surface area (Å²) in [6, 6.07) is 13.7. The second-order valence-corrected chi connectivity index (χ2v) is 7.85. The van der Waals surface area contributed by atoms with E-state index in [9.17, 15) is 0 Å². The van der Waals surface area contributed by atoms with Crippen molar-refractivity contribution in [1.82, 2.24) is 10.7 Å². The predicted octanol–water partition coefficient (Wildman–Crippen LogP) is 5.06. The lowest BCUT2D eigenvalue weighted by Crippen LogP contribution is -2.40. The third-order valence-electron chi connectivity index (χ3n) is 4.82. The number of nitrogens with zero attached hydrogens (tertiary/aromatic N) is 1. The fourth-order valence-corrected chi connectivity index (χ4v) is 3.60. The van der Waals surface area contributed by atoms with Crippen molar-refractivity contribution in [3.63, 3.8) is 0 Å². The smallest absolute Gasteiger partial charge is 0.187 e. The number of rotatable bonds is 7. The van der Waals surface area contributed by atoms with E-state index in [1.165, 1.54) is 32.1 Å². The van der Waals surface area contributed by atoms with Gasteiger partial charge in [0.1, 0.15) is 6.61 Å². The van der Waals surface area contributed by atoms with E-state index >= 15 is 0 Å². The van der Waals surface area contributed by atoms with Crippen molar-refractivity contribution >= 4 is 35.1 Å². The first-order chi connectivity index (χ1) is 14.1. The van der Waals surface area contributed by atoms with Gasteiger partial charge in [0.05, 0.1) is 13.3 Å². The largest absolute Gasteiger partial charge is 0.493 e. The highest BCUT2D eigenvalue weighted by atomic mass is 35.5. The van der Waals surface area contributed by atoms with Gasteiger partial charge in [0.25, 0.3) is 0 Å². The first-order valence-corrected chi connectivity index (χ1v) is 10.6. The van der Waals surface area contributed by atoms with E-state index in [4.69, 9.17) is 33.3 Å². The number of thiocarbonyl (C=S) groups is 1. The van der Waals surface area contributed by atoms with Crippen molar-refractivity contribution in [3.05, 3.63) is 58.6 Å². The lowest BCUT2D eigenvalue weighted by atomic mass is 9.96. The Labute approximate surface area is 182 Å². The van der Waals surface area contributed by atoms with Crippen molar-refractivity contribution in [2.24, 2.45) is 5.10 Å². The van der Waals surface area contributed by atoms with E-state index in [1.54, 1.807) is 13.3 Å². The molecule has 3 rings (SSSR count). The minimum Gasteiger partial charge on any atom is -0.493 e. The van der Waals surface area contributed by atoms with Crippen LogP contribution in [0.2, 0.25) is 5.02 Å². The zero-order valence-electron chi connectivity index (χ0n) is 16.5. The number of benzene rings is 2. The molecule has 0 aliphatic heterocycles. The van der Waals surface area contributed by atoms with E-state index in [0.717, 1.165) is 11.1 Å². The van der Waals surface area contributed by atoms with Crippen LogP contribution < -0.4 is 20.2 Å². The summed E-state index contributed by atoms with van der Waals surface area (Å²) in [5.41, 5.74) is 4.80. The molecule has 1 aliphatic rings. The molecule has 1 aliphatic carbocycles. The average molecular weight is 432 g/mol. The van der Waals surface area contributed by atoms with Crippen LogP contribution in [0, 0.1) is 0 Å². The molecule has 0 unspecified atom stereocenters. The van der Waals surface area contributed by atoms with Gasteiger partial charge in [-0.1, -0.05) is 43.0 Å². The van der Waals surface area contributed by atoms with Crippen LogP contribution >= 0.6 is 23.8 Å². The van der Waals surface area contributed by atoms with Gasteiger partial charge in [-0.25, -0.2) is 0 Å². The molecule has 2 aromatic rings. The molecule has 7 heteroatoms. The van der Waals surface area contributed by atoms with Gasteiger partial charge in [0.2, 0.25) is 0 Å². The molecule has 5 nitrogen and oxygen atoms in total. The van der Waals surface area contributed by atoms with Crippen molar-refractivity contribution in [3.8, 4) is 11.5 Å². The SMILES string of the molecule is COc1cc(/C=N/NC(=S)NC2CCCCC2)ccc1OCc1ccc(Cl)cc1. The Morgan fingerprint density at radius 2 is 1.90 bits per heavy atom. The monoisotopic (exact) mass is 431 g/mol. The van der Waals surface area contributed by atoms with E-state index < -0.39 is 0 Å². The molecule has 0 bridgehead atoms. The number of halogens is 1. The molecule has 0 atom stereocenters. The van der Waals surface area contributed by atoms with Crippen molar-refractivity contribution < 1.29 is 9.47 Å². The fraction of sp³-hybridized carbons (Fsp3) is 0.364. The Bertz CT molecular complexity index is 836. The van der Waals surface area contributed by atoms with E-state index in [0.29, 0.717) is 34.3 Å². The number of hydrazone groups is 1. The quantitative estimate of drug-likeness (QED) is 0.364. The van der Waals surface area contributed by atoms with Gasteiger partial charge in [0.15, 0.2) is 16.6 Å². The lowest BCUT2D eigenvalue weighted by Gasteiger charge is -2.23. The third-order valence-corrected chi connectivity index (χ3v) is 5.28. The summed E-state index contributed by atoms with van der Waals surface area (Å²) in [5, 5.41) is 8.82. The van der Waals surface area contributed by atoms with Gasteiger partial charge in [-0.3, -0.25) is 5.43 Å². The van der Waals surface area contributed by atoms with Gasteiger partial charge in [-0.15, -0.1) is 0 Å². The average Bonchev–Trinajstić information content (AvgIpc) is 2.74. The van der Waals surface area contributed by atoms with Crippen LogP contribution in [-0.4, -0.2) is 24.5 Å². The topological polar surface area (TPSA) is 54.9 Å². The Morgan fingerprint density at radius 3 is 2.62 bits per heavy atom. The van der Waals surface area contributed by atoms with Crippen LogP contribution in [0.25, 0.3) is 0 Å². The highest BCUT2D eigenvalue weighted by molar-refractivity contribution is 7.80. The van der Waals surface area contributed by atoms with Gasteiger partial charge < -0.3 is 14.8 Å². The summed E-state index contributed by atoms with van der Waals surface area (Å²) in [4.78, 5) is 0. The Balaban J connectivity index is 1.52.